The van der Waals surface area contributed by atoms with Crippen molar-refractivity contribution in [3.63, 3.8) is 0 Å². The zero-order valence-corrected chi connectivity index (χ0v) is 16.7. The highest BCUT2D eigenvalue weighted by Crippen LogP contribution is 2.27. The van der Waals surface area contributed by atoms with Crippen LogP contribution >= 0.6 is 0 Å². The second-order valence-electron chi connectivity index (χ2n) is 7.02. The van der Waals surface area contributed by atoms with E-state index in [0.29, 0.717) is 18.8 Å². The first-order chi connectivity index (χ1) is 12.7. The fourth-order valence-electron chi connectivity index (χ4n) is 3.51. The van der Waals surface area contributed by atoms with Crippen molar-refractivity contribution in [3.05, 3.63) is 24.3 Å². The summed E-state index contributed by atoms with van der Waals surface area (Å²) < 4.78 is 55.8. The fraction of sp³-hybridized carbons (Fsp3) is 0.588. The maximum atomic E-state index is 13.0. The molecule has 1 aromatic rings. The van der Waals surface area contributed by atoms with Crippen molar-refractivity contribution >= 4 is 31.3 Å². The molecule has 3 rings (SSSR count). The molecule has 150 valence electrons. The van der Waals surface area contributed by atoms with Gasteiger partial charge in [-0.1, -0.05) is 0 Å². The summed E-state index contributed by atoms with van der Waals surface area (Å²) in [5.74, 6) is -0.856. The van der Waals surface area contributed by atoms with E-state index in [1.165, 1.54) is 31.2 Å². The Morgan fingerprint density at radius 2 is 1.93 bits per heavy atom. The van der Waals surface area contributed by atoms with Crippen LogP contribution in [0, 0.1) is 0 Å². The van der Waals surface area contributed by atoms with Gasteiger partial charge < -0.3 is 15.4 Å². The van der Waals surface area contributed by atoms with E-state index in [1.54, 1.807) is 0 Å². The first kappa shape index (κ1) is 20.2. The van der Waals surface area contributed by atoms with Gasteiger partial charge in [-0.2, -0.15) is 0 Å². The molecule has 0 saturated carbocycles. The number of carbonyl (C=O) groups is 1. The van der Waals surface area contributed by atoms with Crippen LogP contribution in [-0.2, 0) is 29.2 Å². The molecule has 8 nitrogen and oxygen atoms in total. The summed E-state index contributed by atoms with van der Waals surface area (Å²) in [6, 6.07) is 5.10. The average molecular weight is 417 g/mol. The number of ether oxygens (including phenoxy) is 1. The minimum absolute atomic E-state index is 0.00593. The average Bonchev–Trinajstić information content (AvgIpc) is 3.20. The summed E-state index contributed by atoms with van der Waals surface area (Å²) in [5.41, 5.74) is 0.480. The first-order valence-corrected chi connectivity index (χ1v) is 12.2. The van der Waals surface area contributed by atoms with Crippen molar-refractivity contribution in [3.8, 4) is 0 Å². The lowest BCUT2D eigenvalue weighted by molar-refractivity contribution is -0.114. The number of carbonyl (C=O) groups excluding carboxylic acids is 1. The third kappa shape index (κ3) is 4.87. The Balaban J connectivity index is 1.78. The molecule has 1 aromatic carbocycles. The molecule has 0 spiro atoms. The Kier molecular flexibility index (Phi) is 5.90. The number of amides is 1. The van der Waals surface area contributed by atoms with Gasteiger partial charge in [0.25, 0.3) is 0 Å². The monoisotopic (exact) mass is 416 g/mol. The van der Waals surface area contributed by atoms with Crippen LogP contribution in [0.2, 0.25) is 0 Å². The smallest absolute Gasteiger partial charge is 0.221 e. The van der Waals surface area contributed by atoms with Gasteiger partial charge in [0.05, 0.1) is 27.8 Å². The normalized spacial score (nSPS) is 27.5. The van der Waals surface area contributed by atoms with E-state index in [-0.39, 0.29) is 22.7 Å². The standard InChI is InChI=1S/C17H24N2O6S2/c1-12(20)19-13-4-6-15(7-5-13)27(23,24)17-11-26(21,22)10-16(17)18-9-14-3-2-8-25-14/h4-7,14,16-18H,2-3,8-11H2,1H3,(H,19,20)/t14-,16+,17+/m1/s1. The van der Waals surface area contributed by atoms with Gasteiger partial charge in [0, 0.05) is 31.8 Å². The molecule has 2 aliphatic heterocycles. The summed E-state index contributed by atoms with van der Waals surface area (Å²) in [6.07, 6.45) is 1.83. The number of hydrogen-bond donors (Lipinski definition) is 2. The van der Waals surface area contributed by atoms with E-state index in [4.69, 9.17) is 4.74 Å². The molecule has 1 amide bonds. The number of sulfone groups is 2. The van der Waals surface area contributed by atoms with Crippen molar-refractivity contribution in [1.29, 1.82) is 0 Å². The Morgan fingerprint density at radius 3 is 2.52 bits per heavy atom. The van der Waals surface area contributed by atoms with Gasteiger partial charge in [-0.3, -0.25) is 4.79 Å². The predicted molar refractivity (Wildman–Crippen MR) is 101 cm³/mol. The van der Waals surface area contributed by atoms with Gasteiger partial charge in [0.15, 0.2) is 19.7 Å². The summed E-state index contributed by atoms with van der Waals surface area (Å²) in [4.78, 5) is 11.1. The number of nitrogens with one attached hydrogen (secondary N) is 2. The topological polar surface area (TPSA) is 119 Å². The lowest BCUT2D eigenvalue weighted by Gasteiger charge is -2.21. The third-order valence-corrected chi connectivity index (χ3v) is 9.00. The molecule has 0 bridgehead atoms. The van der Waals surface area contributed by atoms with Crippen molar-refractivity contribution in [2.24, 2.45) is 0 Å². The van der Waals surface area contributed by atoms with E-state index < -0.39 is 36.7 Å². The van der Waals surface area contributed by atoms with E-state index in [0.717, 1.165) is 12.8 Å². The fourth-order valence-corrected chi connectivity index (χ4v) is 8.22. The van der Waals surface area contributed by atoms with E-state index in [9.17, 15) is 21.6 Å². The molecule has 0 aliphatic carbocycles. The van der Waals surface area contributed by atoms with Crippen LogP contribution < -0.4 is 10.6 Å². The molecular formula is C17H24N2O6S2. The molecule has 0 radical (unpaired) electrons. The van der Waals surface area contributed by atoms with Crippen molar-refractivity contribution < 1.29 is 26.4 Å². The number of hydrogen-bond acceptors (Lipinski definition) is 7. The van der Waals surface area contributed by atoms with Crippen LogP contribution in [0.3, 0.4) is 0 Å². The van der Waals surface area contributed by atoms with E-state index in [2.05, 4.69) is 10.6 Å². The lowest BCUT2D eigenvalue weighted by atomic mass is 10.2. The molecule has 0 aromatic heterocycles. The molecule has 2 heterocycles. The van der Waals surface area contributed by atoms with Gasteiger partial charge >= 0.3 is 0 Å². The number of benzene rings is 1. The zero-order chi connectivity index (χ0) is 19.7. The summed E-state index contributed by atoms with van der Waals surface area (Å²) in [7, 11) is -7.29. The molecule has 2 saturated heterocycles. The molecule has 27 heavy (non-hydrogen) atoms. The van der Waals surface area contributed by atoms with E-state index >= 15 is 0 Å². The van der Waals surface area contributed by atoms with Crippen molar-refractivity contribution in [2.45, 2.75) is 42.1 Å². The Hall–Kier alpha value is -1.49. The second kappa shape index (κ2) is 7.86. The Bertz CT molecular complexity index is 890. The molecule has 2 aliphatic rings. The molecule has 3 atom stereocenters. The third-order valence-electron chi connectivity index (χ3n) is 4.83. The minimum atomic E-state index is -3.85. The largest absolute Gasteiger partial charge is 0.377 e. The maximum Gasteiger partial charge on any atom is 0.221 e. The van der Waals surface area contributed by atoms with Gasteiger partial charge in [0.1, 0.15) is 0 Å². The van der Waals surface area contributed by atoms with Crippen molar-refractivity contribution in [2.75, 3.05) is 30.0 Å². The SMILES string of the molecule is CC(=O)Nc1ccc(S(=O)(=O)[C@H]2CS(=O)(=O)C[C@@H]2NC[C@H]2CCCO2)cc1. The molecule has 0 unspecified atom stereocenters. The quantitative estimate of drug-likeness (QED) is 0.687. The van der Waals surface area contributed by atoms with Crippen LogP contribution in [0.1, 0.15) is 19.8 Å². The van der Waals surface area contributed by atoms with Gasteiger partial charge in [0.2, 0.25) is 5.91 Å². The maximum absolute atomic E-state index is 13.0. The minimum Gasteiger partial charge on any atom is -0.377 e. The zero-order valence-electron chi connectivity index (χ0n) is 15.1. The number of anilines is 1. The molecule has 10 heteroatoms. The summed E-state index contributed by atoms with van der Waals surface area (Å²) in [6.45, 7) is 2.48. The van der Waals surface area contributed by atoms with Crippen LogP contribution in [0.4, 0.5) is 5.69 Å². The molecule has 2 fully saturated rings. The Morgan fingerprint density at radius 1 is 1.22 bits per heavy atom. The first-order valence-electron chi connectivity index (χ1n) is 8.84. The highest BCUT2D eigenvalue weighted by atomic mass is 32.2. The van der Waals surface area contributed by atoms with Gasteiger partial charge in [-0.05, 0) is 37.1 Å². The predicted octanol–water partition coefficient (Wildman–Crippen LogP) is 0.353. The van der Waals surface area contributed by atoms with Crippen LogP contribution in [-0.4, -0.2) is 64.8 Å². The van der Waals surface area contributed by atoms with Crippen LogP contribution in [0.25, 0.3) is 0 Å². The lowest BCUT2D eigenvalue weighted by Crippen LogP contribution is -2.45. The molecule has 2 N–H and O–H groups in total. The van der Waals surface area contributed by atoms with Gasteiger partial charge in [-0.25, -0.2) is 16.8 Å². The number of rotatable bonds is 6. The van der Waals surface area contributed by atoms with Crippen LogP contribution in [0.15, 0.2) is 29.2 Å². The Labute approximate surface area is 159 Å². The highest BCUT2D eigenvalue weighted by molar-refractivity contribution is 7.96. The van der Waals surface area contributed by atoms with Crippen LogP contribution in [0.5, 0.6) is 0 Å². The second-order valence-corrected chi connectivity index (χ2v) is 11.3. The van der Waals surface area contributed by atoms with Gasteiger partial charge in [-0.15, -0.1) is 0 Å². The van der Waals surface area contributed by atoms with Crippen molar-refractivity contribution in [1.82, 2.24) is 5.32 Å². The van der Waals surface area contributed by atoms with E-state index in [1.807, 2.05) is 0 Å². The summed E-state index contributed by atoms with van der Waals surface area (Å²) in [5, 5.41) is 4.63. The molecular weight excluding hydrogens is 392 g/mol. The summed E-state index contributed by atoms with van der Waals surface area (Å²) >= 11 is 0. The highest BCUT2D eigenvalue weighted by Gasteiger charge is 2.45.